The standard InChI is InChI=1S/C18H17ClN4O/c1-18(2)11-17(24)23(22(18)3)16-7-6-14(12-21-16)5-4-13-8-9-20-15(19)10-13/h6-10,12H,11H2,1-3H3. The maximum atomic E-state index is 12.2. The highest BCUT2D eigenvalue weighted by Gasteiger charge is 2.42. The van der Waals surface area contributed by atoms with Crippen LogP contribution in [0.4, 0.5) is 5.82 Å². The molecule has 0 aromatic carbocycles. The molecular weight excluding hydrogens is 324 g/mol. The molecule has 1 aliphatic rings. The summed E-state index contributed by atoms with van der Waals surface area (Å²) >= 11 is 5.84. The lowest BCUT2D eigenvalue weighted by molar-refractivity contribution is -0.118. The molecule has 0 N–H and O–H groups in total. The monoisotopic (exact) mass is 340 g/mol. The van der Waals surface area contributed by atoms with Gasteiger partial charge in [-0.05, 0) is 38.1 Å². The first-order valence-electron chi connectivity index (χ1n) is 7.53. The average molecular weight is 341 g/mol. The third kappa shape index (κ3) is 3.25. The van der Waals surface area contributed by atoms with Crippen molar-refractivity contribution in [3.63, 3.8) is 0 Å². The summed E-state index contributed by atoms with van der Waals surface area (Å²) in [5, 5.41) is 3.94. The van der Waals surface area contributed by atoms with Gasteiger partial charge in [-0.3, -0.25) is 4.79 Å². The lowest BCUT2D eigenvalue weighted by Gasteiger charge is -2.31. The molecule has 1 saturated heterocycles. The van der Waals surface area contributed by atoms with Gasteiger partial charge < -0.3 is 0 Å². The fraction of sp³-hybridized carbons (Fsp3) is 0.278. The molecule has 3 rings (SSSR count). The Balaban J connectivity index is 1.81. The van der Waals surface area contributed by atoms with E-state index in [0.29, 0.717) is 17.4 Å². The second kappa shape index (κ2) is 6.23. The Morgan fingerprint density at radius 2 is 1.92 bits per heavy atom. The summed E-state index contributed by atoms with van der Waals surface area (Å²) in [6, 6.07) is 7.15. The van der Waals surface area contributed by atoms with E-state index in [1.807, 2.05) is 32.0 Å². The molecule has 1 amide bonds. The quantitative estimate of drug-likeness (QED) is 0.591. The number of anilines is 1. The Labute approximate surface area is 146 Å². The number of hydrogen-bond acceptors (Lipinski definition) is 4. The first-order valence-corrected chi connectivity index (χ1v) is 7.91. The Bertz CT molecular complexity index is 836. The molecule has 1 aliphatic heterocycles. The largest absolute Gasteiger partial charge is 0.273 e. The van der Waals surface area contributed by atoms with Crippen molar-refractivity contribution in [2.24, 2.45) is 0 Å². The minimum absolute atomic E-state index is 0.0419. The number of aromatic nitrogens is 2. The normalized spacial score (nSPS) is 16.8. The molecule has 0 radical (unpaired) electrons. The molecule has 0 spiro atoms. The van der Waals surface area contributed by atoms with Gasteiger partial charge in [-0.15, -0.1) is 0 Å². The van der Waals surface area contributed by atoms with Gasteiger partial charge in [0.2, 0.25) is 5.91 Å². The van der Waals surface area contributed by atoms with Gasteiger partial charge in [-0.25, -0.2) is 20.0 Å². The summed E-state index contributed by atoms with van der Waals surface area (Å²) in [5.41, 5.74) is 1.34. The predicted molar refractivity (Wildman–Crippen MR) is 93.4 cm³/mol. The van der Waals surface area contributed by atoms with Crippen LogP contribution in [-0.4, -0.2) is 33.5 Å². The third-order valence-electron chi connectivity index (χ3n) is 4.04. The van der Waals surface area contributed by atoms with Gasteiger partial charge in [0.15, 0.2) is 0 Å². The molecule has 1 fully saturated rings. The molecule has 0 aliphatic carbocycles. The van der Waals surface area contributed by atoms with Crippen LogP contribution in [0, 0.1) is 11.8 Å². The lowest BCUT2D eigenvalue weighted by Crippen LogP contribution is -2.44. The van der Waals surface area contributed by atoms with E-state index in [1.54, 1.807) is 35.6 Å². The first-order chi connectivity index (χ1) is 11.4. The highest BCUT2D eigenvalue weighted by atomic mass is 35.5. The second-order valence-electron chi connectivity index (χ2n) is 6.24. The lowest BCUT2D eigenvalue weighted by atomic mass is 10.0. The molecule has 6 heteroatoms. The Morgan fingerprint density at radius 3 is 2.50 bits per heavy atom. The highest BCUT2D eigenvalue weighted by molar-refractivity contribution is 6.29. The number of halogens is 1. The number of carbonyl (C=O) groups excluding carboxylic acids is 1. The number of nitrogens with zero attached hydrogens (tertiary/aromatic N) is 4. The minimum Gasteiger partial charge on any atom is -0.273 e. The van der Waals surface area contributed by atoms with Crippen LogP contribution >= 0.6 is 11.6 Å². The van der Waals surface area contributed by atoms with Crippen molar-refractivity contribution in [3.8, 4) is 11.8 Å². The summed E-state index contributed by atoms with van der Waals surface area (Å²) in [7, 11) is 1.90. The molecule has 3 heterocycles. The van der Waals surface area contributed by atoms with Crippen LogP contribution in [0.1, 0.15) is 31.4 Å². The molecule has 24 heavy (non-hydrogen) atoms. The number of hydrogen-bond donors (Lipinski definition) is 0. The van der Waals surface area contributed by atoms with Crippen molar-refractivity contribution in [1.82, 2.24) is 15.0 Å². The number of rotatable bonds is 1. The van der Waals surface area contributed by atoms with Crippen molar-refractivity contribution in [2.45, 2.75) is 25.8 Å². The van der Waals surface area contributed by atoms with Crippen molar-refractivity contribution < 1.29 is 4.79 Å². The molecule has 0 atom stereocenters. The molecule has 2 aromatic heterocycles. The van der Waals surface area contributed by atoms with Crippen LogP contribution in [0.3, 0.4) is 0 Å². The maximum Gasteiger partial charge on any atom is 0.244 e. The number of carbonyl (C=O) groups is 1. The molecule has 0 bridgehead atoms. The van der Waals surface area contributed by atoms with E-state index < -0.39 is 0 Å². The van der Waals surface area contributed by atoms with Crippen LogP contribution < -0.4 is 5.01 Å². The van der Waals surface area contributed by atoms with E-state index in [4.69, 9.17) is 11.6 Å². The molecule has 2 aromatic rings. The summed E-state index contributed by atoms with van der Waals surface area (Å²) in [6.07, 6.45) is 3.75. The summed E-state index contributed by atoms with van der Waals surface area (Å²) < 4.78 is 0. The van der Waals surface area contributed by atoms with Gasteiger partial charge in [0, 0.05) is 42.5 Å². The molecule has 5 nitrogen and oxygen atoms in total. The summed E-state index contributed by atoms with van der Waals surface area (Å²) in [4.78, 5) is 20.5. The fourth-order valence-electron chi connectivity index (χ4n) is 2.49. The topological polar surface area (TPSA) is 49.3 Å². The van der Waals surface area contributed by atoms with Crippen molar-refractivity contribution in [1.29, 1.82) is 0 Å². The molecule has 122 valence electrons. The van der Waals surface area contributed by atoms with Crippen LogP contribution in [0.25, 0.3) is 0 Å². The van der Waals surface area contributed by atoms with E-state index in [1.165, 1.54) is 0 Å². The summed E-state index contributed by atoms with van der Waals surface area (Å²) in [6.45, 7) is 4.06. The van der Waals surface area contributed by atoms with Gasteiger partial charge in [-0.2, -0.15) is 0 Å². The third-order valence-corrected chi connectivity index (χ3v) is 4.25. The van der Waals surface area contributed by atoms with Gasteiger partial charge in [-0.1, -0.05) is 23.4 Å². The van der Waals surface area contributed by atoms with Crippen molar-refractivity contribution in [2.75, 3.05) is 12.1 Å². The number of amides is 1. The van der Waals surface area contributed by atoms with E-state index in [-0.39, 0.29) is 11.4 Å². The number of pyridine rings is 2. The van der Waals surface area contributed by atoms with Crippen LogP contribution in [-0.2, 0) is 4.79 Å². The van der Waals surface area contributed by atoms with Crippen LogP contribution in [0.5, 0.6) is 0 Å². The summed E-state index contributed by atoms with van der Waals surface area (Å²) in [5.74, 6) is 6.69. The van der Waals surface area contributed by atoms with Gasteiger partial charge in [0.1, 0.15) is 11.0 Å². The van der Waals surface area contributed by atoms with E-state index >= 15 is 0 Å². The Kier molecular flexibility index (Phi) is 4.27. The SMILES string of the molecule is CN1N(c2ccc(C#Cc3ccnc(Cl)c3)cn2)C(=O)CC1(C)C. The predicted octanol–water partition coefficient (Wildman–Crippen LogP) is 2.89. The van der Waals surface area contributed by atoms with Crippen LogP contribution in [0.15, 0.2) is 36.7 Å². The van der Waals surface area contributed by atoms with Gasteiger partial charge >= 0.3 is 0 Å². The second-order valence-corrected chi connectivity index (χ2v) is 6.63. The zero-order valence-corrected chi connectivity index (χ0v) is 14.5. The van der Waals surface area contributed by atoms with Gasteiger partial charge in [0.25, 0.3) is 0 Å². The van der Waals surface area contributed by atoms with Crippen LogP contribution in [0.2, 0.25) is 5.15 Å². The van der Waals surface area contributed by atoms with E-state index in [2.05, 4.69) is 21.8 Å². The minimum atomic E-state index is -0.210. The molecule has 0 unspecified atom stereocenters. The highest BCUT2D eigenvalue weighted by Crippen LogP contribution is 2.31. The molecule has 0 saturated carbocycles. The molecular formula is C18H17ClN4O. The van der Waals surface area contributed by atoms with Crippen molar-refractivity contribution in [3.05, 3.63) is 52.9 Å². The Hall–Kier alpha value is -2.42. The van der Waals surface area contributed by atoms with E-state index in [0.717, 1.165) is 11.1 Å². The van der Waals surface area contributed by atoms with Crippen molar-refractivity contribution >= 4 is 23.3 Å². The Morgan fingerprint density at radius 1 is 1.17 bits per heavy atom. The zero-order valence-electron chi connectivity index (χ0n) is 13.7. The average Bonchev–Trinajstić information content (AvgIpc) is 2.74. The maximum absolute atomic E-state index is 12.2. The first kappa shape index (κ1) is 16.4. The fourth-order valence-corrected chi connectivity index (χ4v) is 2.66. The number of hydrazine groups is 1. The zero-order chi connectivity index (χ0) is 17.3. The van der Waals surface area contributed by atoms with Gasteiger partial charge in [0.05, 0.1) is 0 Å². The smallest absolute Gasteiger partial charge is 0.244 e. The van der Waals surface area contributed by atoms with E-state index in [9.17, 15) is 4.79 Å².